The number of thiazole rings is 1. The molecule has 0 atom stereocenters. The van der Waals surface area contributed by atoms with Crippen LogP contribution in [0.3, 0.4) is 0 Å². The molecule has 0 aliphatic heterocycles. The minimum absolute atomic E-state index is 0.165. The van der Waals surface area contributed by atoms with Gasteiger partial charge in [0, 0.05) is 22.6 Å². The molecule has 0 fully saturated rings. The zero-order chi connectivity index (χ0) is 18.7. The summed E-state index contributed by atoms with van der Waals surface area (Å²) >= 11 is 1.35. The van der Waals surface area contributed by atoms with Crippen LogP contribution in [-0.2, 0) is 11.2 Å². The fraction of sp³-hybridized carbons (Fsp3) is 0.278. The van der Waals surface area contributed by atoms with E-state index in [9.17, 15) is 4.79 Å². The molecule has 0 aliphatic carbocycles. The number of carbonyl (C=O) groups is 1. The van der Waals surface area contributed by atoms with Crippen molar-refractivity contribution in [3.05, 3.63) is 40.6 Å². The number of aryl methyl sites for hydroxylation is 2. The van der Waals surface area contributed by atoms with E-state index in [1.807, 2.05) is 24.4 Å². The van der Waals surface area contributed by atoms with Gasteiger partial charge >= 0.3 is 0 Å². The average Bonchev–Trinajstić information content (AvgIpc) is 3.22. The number of hydrogen-bond donors (Lipinski definition) is 1. The van der Waals surface area contributed by atoms with E-state index in [1.54, 1.807) is 27.2 Å². The Bertz CT molecular complexity index is 913. The van der Waals surface area contributed by atoms with Crippen molar-refractivity contribution >= 4 is 22.4 Å². The standard InChI is InChI=1S/C18H19N3O4S/c1-10-14(11(2)25-21-10)8-17(22)20-18-19-15(9-26-18)13-6-5-12(23-3)7-16(13)24-4/h5-7,9H,8H2,1-4H3,(H,19,20,22). The van der Waals surface area contributed by atoms with E-state index in [0.29, 0.717) is 22.4 Å². The number of carbonyl (C=O) groups excluding carboxylic acids is 1. The maximum absolute atomic E-state index is 12.3. The third-order valence-corrected chi connectivity index (χ3v) is 4.71. The van der Waals surface area contributed by atoms with Gasteiger partial charge in [-0.05, 0) is 26.0 Å². The number of benzene rings is 1. The number of nitrogens with zero attached hydrogens (tertiary/aromatic N) is 2. The molecule has 0 saturated heterocycles. The summed E-state index contributed by atoms with van der Waals surface area (Å²) in [6, 6.07) is 5.51. The summed E-state index contributed by atoms with van der Waals surface area (Å²) in [4.78, 5) is 16.8. The summed E-state index contributed by atoms with van der Waals surface area (Å²) in [6.45, 7) is 3.61. The van der Waals surface area contributed by atoms with Gasteiger partial charge in [0.25, 0.3) is 0 Å². The van der Waals surface area contributed by atoms with E-state index < -0.39 is 0 Å². The van der Waals surface area contributed by atoms with Gasteiger partial charge < -0.3 is 19.3 Å². The van der Waals surface area contributed by atoms with Crippen LogP contribution in [0.4, 0.5) is 5.13 Å². The first-order valence-corrected chi connectivity index (χ1v) is 8.79. The molecule has 2 aromatic heterocycles. The van der Waals surface area contributed by atoms with E-state index >= 15 is 0 Å². The molecule has 3 aromatic rings. The number of ether oxygens (including phenoxy) is 2. The normalized spacial score (nSPS) is 10.6. The summed E-state index contributed by atoms with van der Waals surface area (Å²) in [5.74, 6) is 1.85. The summed E-state index contributed by atoms with van der Waals surface area (Å²) in [5.41, 5.74) is 3.08. The van der Waals surface area contributed by atoms with Crippen LogP contribution >= 0.6 is 11.3 Å². The second-order valence-electron chi connectivity index (χ2n) is 5.63. The Morgan fingerprint density at radius 1 is 1.27 bits per heavy atom. The molecule has 1 amide bonds. The van der Waals surface area contributed by atoms with Gasteiger partial charge in [-0.3, -0.25) is 4.79 Å². The minimum atomic E-state index is -0.165. The summed E-state index contributed by atoms with van der Waals surface area (Å²) in [5, 5.41) is 9.07. The molecule has 26 heavy (non-hydrogen) atoms. The van der Waals surface area contributed by atoms with Crippen molar-refractivity contribution in [2.75, 3.05) is 19.5 Å². The number of methoxy groups -OCH3 is 2. The van der Waals surface area contributed by atoms with Gasteiger partial charge in [-0.25, -0.2) is 4.98 Å². The topological polar surface area (TPSA) is 86.5 Å². The predicted octanol–water partition coefficient (Wildman–Crippen LogP) is 3.61. The van der Waals surface area contributed by atoms with Crippen molar-refractivity contribution in [3.63, 3.8) is 0 Å². The highest BCUT2D eigenvalue weighted by molar-refractivity contribution is 7.14. The Morgan fingerprint density at radius 3 is 2.73 bits per heavy atom. The molecule has 1 aromatic carbocycles. The van der Waals surface area contributed by atoms with Crippen LogP contribution in [0.1, 0.15) is 17.0 Å². The molecule has 136 valence electrons. The lowest BCUT2D eigenvalue weighted by Gasteiger charge is -2.08. The lowest BCUT2D eigenvalue weighted by molar-refractivity contribution is -0.115. The van der Waals surface area contributed by atoms with Crippen molar-refractivity contribution in [2.45, 2.75) is 20.3 Å². The second-order valence-corrected chi connectivity index (χ2v) is 6.49. The first-order valence-electron chi connectivity index (χ1n) is 7.91. The van der Waals surface area contributed by atoms with E-state index in [-0.39, 0.29) is 12.3 Å². The van der Waals surface area contributed by atoms with Gasteiger partial charge in [0.05, 0.1) is 32.0 Å². The van der Waals surface area contributed by atoms with Crippen LogP contribution in [-0.4, -0.2) is 30.3 Å². The van der Waals surface area contributed by atoms with Crippen molar-refractivity contribution in [2.24, 2.45) is 0 Å². The Labute approximate surface area is 154 Å². The van der Waals surface area contributed by atoms with Crippen molar-refractivity contribution in [1.82, 2.24) is 10.1 Å². The molecule has 0 saturated carbocycles. The highest BCUT2D eigenvalue weighted by Gasteiger charge is 2.16. The molecule has 2 heterocycles. The Kier molecular flexibility index (Phi) is 5.22. The van der Waals surface area contributed by atoms with Gasteiger partial charge in [-0.2, -0.15) is 0 Å². The number of aromatic nitrogens is 2. The summed E-state index contributed by atoms with van der Waals surface area (Å²) in [7, 11) is 3.20. The summed E-state index contributed by atoms with van der Waals surface area (Å²) in [6.07, 6.45) is 0.196. The van der Waals surface area contributed by atoms with E-state index in [2.05, 4.69) is 15.5 Å². The fourth-order valence-corrected chi connectivity index (χ4v) is 3.27. The number of amides is 1. The molecule has 7 nitrogen and oxygen atoms in total. The first-order chi connectivity index (χ1) is 12.5. The van der Waals surface area contributed by atoms with Gasteiger partial charge in [0.1, 0.15) is 17.3 Å². The first kappa shape index (κ1) is 17.9. The maximum Gasteiger partial charge on any atom is 0.230 e. The zero-order valence-corrected chi connectivity index (χ0v) is 15.8. The highest BCUT2D eigenvalue weighted by atomic mass is 32.1. The Morgan fingerprint density at radius 2 is 2.08 bits per heavy atom. The molecule has 0 unspecified atom stereocenters. The Balaban J connectivity index is 1.75. The quantitative estimate of drug-likeness (QED) is 0.710. The van der Waals surface area contributed by atoms with Crippen LogP contribution in [0.5, 0.6) is 11.5 Å². The maximum atomic E-state index is 12.3. The molecule has 0 radical (unpaired) electrons. The van der Waals surface area contributed by atoms with E-state index in [0.717, 1.165) is 22.5 Å². The zero-order valence-electron chi connectivity index (χ0n) is 15.0. The number of hydrogen-bond acceptors (Lipinski definition) is 7. The fourth-order valence-electron chi connectivity index (χ4n) is 2.54. The van der Waals surface area contributed by atoms with Crippen molar-refractivity contribution < 1.29 is 18.8 Å². The monoisotopic (exact) mass is 373 g/mol. The Hall–Kier alpha value is -2.87. The molecule has 3 rings (SSSR count). The minimum Gasteiger partial charge on any atom is -0.497 e. The molecular weight excluding hydrogens is 354 g/mol. The second kappa shape index (κ2) is 7.57. The van der Waals surface area contributed by atoms with Crippen LogP contribution in [0.15, 0.2) is 28.1 Å². The largest absolute Gasteiger partial charge is 0.497 e. The number of anilines is 1. The van der Waals surface area contributed by atoms with Crippen molar-refractivity contribution in [1.29, 1.82) is 0 Å². The van der Waals surface area contributed by atoms with Crippen LogP contribution in [0, 0.1) is 13.8 Å². The third kappa shape index (κ3) is 3.70. The summed E-state index contributed by atoms with van der Waals surface area (Å²) < 4.78 is 15.7. The lowest BCUT2D eigenvalue weighted by Crippen LogP contribution is -2.15. The van der Waals surface area contributed by atoms with Gasteiger partial charge in [0.15, 0.2) is 5.13 Å². The number of rotatable bonds is 6. The highest BCUT2D eigenvalue weighted by Crippen LogP contribution is 2.34. The predicted molar refractivity (Wildman–Crippen MR) is 99.0 cm³/mol. The third-order valence-electron chi connectivity index (χ3n) is 3.95. The van der Waals surface area contributed by atoms with Crippen LogP contribution in [0.25, 0.3) is 11.3 Å². The van der Waals surface area contributed by atoms with Gasteiger partial charge in [0.2, 0.25) is 5.91 Å². The average molecular weight is 373 g/mol. The molecule has 0 aliphatic rings. The molecule has 1 N–H and O–H groups in total. The lowest BCUT2D eigenvalue weighted by atomic mass is 10.1. The molecule has 0 spiro atoms. The number of nitrogens with one attached hydrogen (secondary N) is 1. The van der Waals surface area contributed by atoms with Gasteiger partial charge in [-0.15, -0.1) is 11.3 Å². The molecule has 0 bridgehead atoms. The van der Waals surface area contributed by atoms with Crippen molar-refractivity contribution in [3.8, 4) is 22.8 Å². The van der Waals surface area contributed by atoms with E-state index in [1.165, 1.54) is 11.3 Å². The van der Waals surface area contributed by atoms with E-state index in [4.69, 9.17) is 14.0 Å². The smallest absolute Gasteiger partial charge is 0.230 e. The molecule has 8 heteroatoms. The molecular formula is C18H19N3O4S. The van der Waals surface area contributed by atoms with Crippen LogP contribution in [0.2, 0.25) is 0 Å². The SMILES string of the molecule is COc1ccc(-c2csc(NC(=O)Cc3c(C)noc3C)n2)c(OC)c1. The van der Waals surface area contributed by atoms with Crippen LogP contribution < -0.4 is 14.8 Å². The van der Waals surface area contributed by atoms with Gasteiger partial charge in [-0.1, -0.05) is 5.16 Å².